The molecule has 4 rings (SSSR count). The first-order valence-corrected chi connectivity index (χ1v) is 11.6. The lowest BCUT2D eigenvalue weighted by atomic mass is 10.0. The highest BCUT2D eigenvalue weighted by atomic mass is 79.9. The number of halogens is 9. The molecule has 2 aromatic carbocycles. The maximum atomic E-state index is 13.7. The van der Waals surface area contributed by atoms with E-state index in [0.717, 1.165) is 23.4 Å². The van der Waals surface area contributed by atoms with Crippen molar-refractivity contribution in [1.29, 1.82) is 0 Å². The van der Waals surface area contributed by atoms with Crippen LogP contribution in [0, 0.1) is 0 Å². The summed E-state index contributed by atoms with van der Waals surface area (Å²) < 4.78 is 98.4. The van der Waals surface area contributed by atoms with Gasteiger partial charge < -0.3 is 8.98 Å². The quantitative estimate of drug-likeness (QED) is 0.188. The summed E-state index contributed by atoms with van der Waals surface area (Å²) in [4.78, 5) is 5.02. The van der Waals surface area contributed by atoms with E-state index in [1.54, 1.807) is 24.3 Å². The second kappa shape index (κ2) is 11.0. The third-order valence-corrected chi connectivity index (χ3v) is 6.35. The number of aromatic nitrogens is 1. The Balaban J connectivity index is 0.00000380. The topological polar surface area (TPSA) is 30.4 Å². The van der Waals surface area contributed by atoms with E-state index in [4.69, 9.17) is 16.0 Å². The summed E-state index contributed by atoms with van der Waals surface area (Å²) in [7, 11) is 0. The number of nitrogens with zero attached hydrogens (tertiary/aromatic N) is 2. The molecule has 0 aliphatic carbocycles. The average molecular weight is 630 g/mol. The fourth-order valence-corrected chi connectivity index (χ4v) is 4.41. The van der Waals surface area contributed by atoms with Gasteiger partial charge in [-0.25, -0.2) is 4.99 Å². The van der Waals surface area contributed by atoms with E-state index in [0.29, 0.717) is 27.8 Å². The zero-order valence-electron chi connectivity index (χ0n) is 18.5. The summed E-state index contributed by atoms with van der Waals surface area (Å²) in [6.07, 6.45) is -6.62. The molecule has 0 radical (unpaired) electrons. The van der Waals surface area contributed by atoms with E-state index < -0.39 is 24.4 Å². The fraction of sp³-hybridized carbons (Fsp3) is 0.208. The van der Waals surface area contributed by atoms with Crippen LogP contribution >= 0.6 is 39.9 Å². The molecule has 0 fully saturated rings. The van der Waals surface area contributed by atoms with Crippen molar-refractivity contribution in [2.45, 2.75) is 31.0 Å². The molecule has 0 aliphatic rings. The first kappa shape index (κ1) is 29.0. The van der Waals surface area contributed by atoms with E-state index in [-0.39, 0.29) is 22.5 Å². The molecule has 37 heavy (non-hydrogen) atoms. The minimum Gasteiger partial charge on any atom is -0.467 e. The number of rotatable bonds is 7. The highest BCUT2D eigenvalue weighted by molar-refractivity contribution is 8.93. The molecule has 2 heterocycles. The zero-order valence-corrected chi connectivity index (χ0v) is 21.8. The SMILES string of the molecule is Br.FC(F)(F)C(F)(F)C(F)(F)Cc1ccc(N=c2scc(-c3ccc(Cl)cc3)n2Cc2ccco2)cc1. The Morgan fingerprint density at radius 2 is 1.54 bits per heavy atom. The normalized spacial score (nSPS) is 13.0. The van der Waals surface area contributed by atoms with Gasteiger partial charge in [-0.3, -0.25) is 0 Å². The second-order valence-electron chi connectivity index (χ2n) is 7.81. The van der Waals surface area contributed by atoms with Crippen LogP contribution in [0.2, 0.25) is 5.02 Å². The van der Waals surface area contributed by atoms with Gasteiger partial charge >= 0.3 is 18.0 Å². The number of benzene rings is 2. The van der Waals surface area contributed by atoms with Crippen molar-refractivity contribution in [1.82, 2.24) is 4.57 Å². The minimum absolute atomic E-state index is 0. The Bertz CT molecular complexity index is 1380. The Morgan fingerprint density at radius 1 is 0.892 bits per heavy atom. The van der Waals surface area contributed by atoms with Gasteiger partial charge in [-0.1, -0.05) is 35.9 Å². The van der Waals surface area contributed by atoms with Crippen molar-refractivity contribution < 1.29 is 35.2 Å². The van der Waals surface area contributed by atoms with Crippen molar-refractivity contribution in [3.63, 3.8) is 0 Å². The number of alkyl halides is 7. The number of hydrogen-bond donors (Lipinski definition) is 0. The molecule has 198 valence electrons. The molecule has 0 N–H and O–H groups in total. The van der Waals surface area contributed by atoms with E-state index in [2.05, 4.69) is 4.99 Å². The van der Waals surface area contributed by atoms with Crippen molar-refractivity contribution in [2.24, 2.45) is 4.99 Å². The zero-order chi connectivity index (χ0) is 26.1. The Morgan fingerprint density at radius 3 is 2.11 bits per heavy atom. The molecular formula is C24H17BrClF7N2OS. The van der Waals surface area contributed by atoms with Gasteiger partial charge in [0.25, 0.3) is 0 Å². The molecule has 4 aromatic rings. The van der Waals surface area contributed by atoms with Gasteiger partial charge in [0, 0.05) is 16.8 Å². The molecule has 0 saturated heterocycles. The van der Waals surface area contributed by atoms with Gasteiger partial charge in [-0.15, -0.1) is 28.3 Å². The van der Waals surface area contributed by atoms with Crippen LogP contribution in [0.5, 0.6) is 0 Å². The second-order valence-corrected chi connectivity index (χ2v) is 9.08. The fourth-order valence-electron chi connectivity index (χ4n) is 3.35. The van der Waals surface area contributed by atoms with Crippen molar-refractivity contribution >= 4 is 45.6 Å². The highest BCUT2D eigenvalue weighted by Crippen LogP contribution is 2.47. The molecule has 13 heteroatoms. The number of thiazole rings is 1. The summed E-state index contributed by atoms with van der Waals surface area (Å²) in [5.74, 6) is -10.8. The van der Waals surface area contributed by atoms with Gasteiger partial charge in [-0.05, 0) is 47.5 Å². The number of furan rings is 1. The van der Waals surface area contributed by atoms with E-state index in [1.165, 1.54) is 29.7 Å². The van der Waals surface area contributed by atoms with Crippen LogP contribution in [0.1, 0.15) is 11.3 Å². The first-order valence-electron chi connectivity index (χ1n) is 10.3. The summed E-state index contributed by atoms with van der Waals surface area (Å²) in [5.41, 5.74) is 1.56. The molecule has 0 aliphatic heterocycles. The molecule has 0 bridgehead atoms. The average Bonchev–Trinajstić information content (AvgIpc) is 3.45. The predicted molar refractivity (Wildman–Crippen MR) is 132 cm³/mol. The first-order chi connectivity index (χ1) is 16.9. The maximum Gasteiger partial charge on any atom is 0.459 e. The van der Waals surface area contributed by atoms with Crippen molar-refractivity contribution in [3.05, 3.63) is 93.5 Å². The highest BCUT2D eigenvalue weighted by Gasteiger charge is 2.72. The molecule has 0 atom stereocenters. The lowest BCUT2D eigenvalue weighted by molar-refractivity contribution is -0.354. The molecule has 0 amide bonds. The largest absolute Gasteiger partial charge is 0.467 e. The van der Waals surface area contributed by atoms with Gasteiger partial charge in [0.1, 0.15) is 5.76 Å². The standard InChI is InChI=1S/C24H16ClF7N2OS.BrH/c25-17-7-5-16(6-8-17)20-14-36-21(34(20)13-19-2-1-11-35-19)33-18-9-3-15(4-10-18)12-22(26,27)23(28,29)24(30,31)32;/h1-11,14H,12-13H2;1H. The molecule has 0 spiro atoms. The van der Waals surface area contributed by atoms with E-state index >= 15 is 0 Å². The van der Waals surface area contributed by atoms with Crippen LogP contribution in [-0.2, 0) is 13.0 Å². The third-order valence-electron chi connectivity index (χ3n) is 5.23. The molecule has 2 aromatic heterocycles. The van der Waals surface area contributed by atoms with Crippen LogP contribution in [-0.4, -0.2) is 22.6 Å². The number of hydrogen-bond acceptors (Lipinski definition) is 3. The van der Waals surface area contributed by atoms with Crippen molar-refractivity contribution in [3.8, 4) is 11.3 Å². The molecule has 0 unspecified atom stereocenters. The predicted octanol–water partition coefficient (Wildman–Crippen LogP) is 8.70. The summed E-state index contributed by atoms with van der Waals surface area (Å²) in [6.45, 7) is 0.324. The lowest BCUT2D eigenvalue weighted by Crippen LogP contribution is -2.52. The van der Waals surface area contributed by atoms with Gasteiger partial charge in [0.15, 0.2) is 4.80 Å². The maximum absolute atomic E-state index is 13.7. The monoisotopic (exact) mass is 628 g/mol. The Kier molecular flexibility index (Phi) is 8.65. The van der Waals surface area contributed by atoms with Crippen LogP contribution in [0.15, 0.2) is 81.7 Å². The van der Waals surface area contributed by atoms with Crippen LogP contribution in [0.4, 0.5) is 36.4 Å². The van der Waals surface area contributed by atoms with Crippen LogP contribution in [0.3, 0.4) is 0 Å². The minimum atomic E-state index is -6.37. The van der Waals surface area contributed by atoms with Crippen LogP contribution < -0.4 is 4.80 Å². The summed E-state index contributed by atoms with van der Waals surface area (Å²) in [6, 6.07) is 15.3. The van der Waals surface area contributed by atoms with Gasteiger partial charge in [-0.2, -0.15) is 30.7 Å². The van der Waals surface area contributed by atoms with E-state index in [9.17, 15) is 30.7 Å². The van der Waals surface area contributed by atoms with Gasteiger partial charge in [0.05, 0.1) is 24.2 Å². The Hall–Kier alpha value is -2.57. The third kappa shape index (κ3) is 6.29. The Labute approximate surface area is 225 Å². The lowest BCUT2D eigenvalue weighted by Gasteiger charge is -2.28. The van der Waals surface area contributed by atoms with Gasteiger partial charge in [0.2, 0.25) is 0 Å². The summed E-state index contributed by atoms with van der Waals surface area (Å²) >= 11 is 7.27. The smallest absolute Gasteiger partial charge is 0.459 e. The van der Waals surface area contributed by atoms with Crippen LogP contribution in [0.25, 0.3) is 11.3 Å². The van der Waals surface area contributed by atoms with Crippen molar-refractivity contribution in [2.75, 3.05) is 0 Å². The molecule has 3 nitrogen and oxygen atoms in total. The van der Waals surface area contributed by atoms with E-state index in [1.807, 2.05) is 22.1 Å². The molecule has 0 saturated carbocycles. The summed E-state index contributed by atoms with van der Waals surface area (Å²) in [5, 5.41) is 2.43. The molecular weight excluding hydrogens is 613 g/mol.